The number of fused-ring (bicyclic) bond motifs is 2. The van der Waals surface area contributed by atoms with E-state index in [1.165, 1.54) is 11.3 Å². The molecule has 0 unspecified atom stereocenters. The number of carbonyl (C=O) groups excluding carboxylic acids is 1. The van der Waals surface area contributed by atoms with Crippen LogP contribution in [0.25, 0.3) is 27.5 Å². The monoisotopic (exact) mass is 378 g/mol. The van der Waals surface area contributed by atoms with Crippen molar-refractivity contribution in [3.05, 3.63) is 53.5 Å². The maximum absolute atomic E-state index is 12.0. The third-order valence-corrected chi connectivity index (χ3v) is 5.37. The molecule has 2 aromatic heterocycles. The average Bonchev–Trinajstić information content (AvgIpc) is 3.41. The van der Waals surface area contributed by atoms with Crippen LogP contribution in [-0.4, -0.2) is 29.6 Å². The lowest BCUT2D eigenvalue weighted by Gasteiger charge is -2.05. The van der Waals surface area contributed by atoms with Gasteiger partial charge in [0.15, 0.2) is 22.7 Å². The van der Waals surface area contributed by atoms with E-state index in [0.29, 0.717) is 22.9 Å². The number of hydrogen-bond donors (Lipinski definition) is 0. The molecule has 0 bridgehead atoms. The number of thiazole rings is 1. The fraction of sp³-hybridized carbons (Fsp3) is 0.100. The molecule has 3 heterocycles. The highest BCUT2D eigenvalue weighted by molar-refractivity contribution is 7.15. The molecule has 0 fully saturated rings. The molecule has 7 heteroatoms. The molecule has 0 radical (unpaired) electrons. The van der Waals surface area contributed by atoms with Gasteiger partial charge in [0.1, 0.15) is 17.1 Å². The molecular formula is C20H14N2O4S. The summed E-state index contributed by atoms with van der Waals surface area (Å²) in [6, 6.07) is 13.3. The zero-order chi connectivity index (χ0) is 18.4. The van der Waals surface area contributed by atoms with E-state index in [1.807, 2.05) is 52.2 Å². The summed E-state index contributed by atoms with van der Waals surface area (Å²) >= 11 is 1.49. The summed E-state index contributed by atoms with van der Waals surface area (Å²) in [5, 5.41) is 2.00. The number of nitrogens with zero attached hydrogens (tertiary/aromatic N) is 2. The highest BCUT2D eigenvalue weighted by Crippen LogP contribution is 2.38. The fourth-order valence-corrected chi connectivity index (χ4v) is 4.11. The van der Waals surface area contributed by atoms with E-state index in [4.69, 9.17) is 14.2 Å². The van der Waals surface area contributed by atoms with Gasteiger partial charge in [0.05, 0.1) is 12.8 Å². The maximum atomic E-state index is 12.0. The van der Waals surface area contributed by atoms with E-state index in [2.05, 4.69) is 4.98 Å². The second-order valence-corrected chi connectivity index (χ2v) is 6.84. The number of ether oxygens (including phenoxy) is 3. The topological polar surface area (TPSA) is 62.1 Å². The minimum atomic E-state index is 0.208. The van der Waals surface area contributed by atoms with E-state index < -0.39 is 0 Å². The van der Waals surface area contributed by atoms with Gasteiger partial charge in [-0.05, 0) is 48.0 Å². The maximum Gasteiger partial charge on any atom is 0.231 e. The van der Waals surface area contributed by atoms with Crippen LogP contribution in [0, 0.1) is 0 Å². The summed E-state index contributed by atoms with van der Waals surface area (Å²) in [5.74, 6) is 2.15. The standard InChI is InChI=1S/C20H14N2O4S/c1-24-14-5-2-12(3-6-14)16-10-27-20-21-19(15(9-23)22(16)20)13-4-7-17-18(8-13)26-11-25-17/h2-10H,11H2,1H3. The first-order valence-corrected chi connectivity index (χ1v) is 9.16. The van der Waals surface area contributed by atoms with Crippen molar-refractivity contribution in [1.29, 1.82) is 0 Å². The molecular weight excluding hydrogens is 364 g/mol. The molecule has 0 amide bonds. The number of hydrogen-bond acceptors (Lipinski definition) is 6. The molecule has 1 aliphatic rings. The van der Waals surface area contributed by atoms with Gasteiger partial charge in [-0.3, -0.25) is 9.20 Å². The first kappa shape index (κ1) is 15.9. The molecule has 6 nitrogen and oxygen atoms in total. The van der Waals surface area contributed by atoms with Crippen molar-refractivity contribution in [1.82, 2.24) is 9.38 Å². The molecule has 0 atom stereocenters. The lowest BCUT2D eigenvalue weighted by atomic mass is 10.1. The van der Waals surface area contributed by atoms with Gasteiger partial charge in [0.2, 0.25) is 6.79 Å². The van der Waals surface area contributed by atoms with Crippen LogP contribution in [-0.2, 0) is 0 Å². The lowest BCUT2D eigenvalue weighted by Crippen LogP contribution is -1.94. The van der Waals surface area contributed by atoms with Gasteiger partial charge in [-0.25, -0.2) is 4.98 Å². The third kappa shape index (κ3) is 2.47. The largest absolute Gasteiger partial charge is 0.497 e. The summed E-state index contributed by atoms with van der Waals surface area (Å²) in [6.07, 6.45) is 0.847. The fourth-order valence-electron chi connectivity index (χ4n) is 3.21. The Bertz CT molecular complexity index is 1160. The van der Waals surface area contributed by atoms with E-state index in [-0.39, 0.29) is 6.79 Å². The Hall–Kier alpha value is -3.32. The first-order valence-electron chi connectivity index (χ1n) is 8.28. The van der Waals surface area contributed by atoms with Crippen LogP contribution >= 0.6 is 11.3 Å². The van der Waals surface area contributed by atoms with E-state index in [9.17, 15) is 4.79 Å². The van der Waals surface area contributed by atoms with Crippen molar-refractivity contribution < 1.29 is 19.0 Å². The van der Waals surface area contributed by atoms with Gasteiger partial charge < -0.3 is 14.2 Å². The minimum absolute atomic E-state index is 0.208. The summed E-state index contributed by atoms with van der Waals surface area (Å²) in [7, 11) is 1.63. The zero-order valence-corrected chi connectivity index (χ0v) is 15.2. The van der Waals surface area contributed by atoms with Gasteiger partial charge in [0.25, 0.3) is 0 Å². The Kier molecular flexibility index (Phi) is 3.61. The number of methoxy groups -OCH3 is 1. The number of rotatable bonds is 4. The number of aromatic nitrogens is 2. The number of aldehydes is 1. The lowest BCUT2D eigenvalue weighted by molar-refractivity contribution is 0.111. The van der Waals surface area contributed by atoms with Crippen LogP contribution in [0.3, 0.4) is 0 Å². The van der Waals surface area contributed by atoms with Crippen molar-refractivity contribution >= 4 is 22.6 Å². The van der Waals surface area contributed by atoms with Crippen LogP contribution < -0.4 is 14.2 Å². The predicted molar refractivity (Wildman–Crippen MR) is 102 cm³/mol. The van der Waals surface area contributed by atoms with Crippen LogP contribution in [0.1, 0.15) is 10.5 Å². The molecule has 0 saturated heterocycles. The summed E-state index contributed by atoms with van der Waals surface area (Å²) < 4.78 is 17.9. The van der Waals surface area contributed by atoms with Gasteiger partial charge >= 0.3 is 0 Å². The van der Waals surface area contributed by atoms with Gasteiger partial charge in [-0.15, -0.1) is 11.3 Å². The van der Waals surface area contributed by atoms with Crippen molar-refractivity contribution in [2.24, 2.45) is 0 Å². The highest BCUT2D eigenvalue weighted by Gasteiger charge is 2.21. The second kappa shape index (κ2) is 6.14. The molecule has 0 N–H and O–H groups in total. The Balaban J connectivity index is 1.67. The van der Waals surface area contributed by atoms with Crippen molar-refractivity contribution in [2.45, 2.75) is 0 Å². The molecule has 27 heavy (non-hydrogen) atoms. The first-order chi connectivity index (χ1) is 13.3. The SMILES string of the molecule is COc1ccc(-c2csc3nc(-c4ccc5c(c4)OCO5)c(C=O)n23)cc1. The predicted octanol–water partition coefficient (Wildman–Crippen LogP) is 4.28. The molecule has 2 aromatic carbocycles. The smallest absolute Gasteiger partial charge is 0.231 e. The molecule has 5 rings (SSSR count). The Labute approximate surface area is 158 Å². The van der Waals surface area contributed by atoms with Crippen molar-refractivity contribution in [3.8, 4) is 39.8 Å². The van der Waals surface area contributed by atoms with Crippen molar-refractivity contribution in [2.75, 3.05) is 13.9 Å². The van der Waals surface area contributed by atoms with Gasteiger partial charge in [0, 0.05) is 10.9 Å². The van der Waals surface area contributed by atoms with E-state index in [0.717, 1.165) is 33.8 Å². The van der Waals surface area contributed by atoms with Crippen LogP contribution in [0.4, 0.5) is 0 Å². The number of imidazole rings is 1. The molecule has 0 saturated carbocycles. The molecule has 4 aromatic rings. The Morgan fingerprint density at radius 1 is 1.11 bits per heavy atom. The third-order valence-electron chi connectivity index (χ3n) is 4.54. The molecule has 134 valence electrons. The zero-order valence-electron chi connectivity index (χ0n) is 14.3. The van der Waals surface area contributed by atoms with Crippen LogP contribution in [0.5, 0.6) is 17.2 Å². The van der Waals surface area contributed by atoms with Crippen LogP contribution in [0.15, 0.2) is 47.8 Å². The molecule has 0 spiro atoms. The van der Waals surface area contributed by atoms with Gasteiger partial charge in [-0.2, -0.15) is 0 Å². The normalized spacial score (nSPS) is 12.5. The number of benzene rings is 2. The van der Waals surface area contributed by atoms with Crippen LogP contribution in [0.2, 0.25) is 0 Å². The van der Waals surface area contributed by atoms with Gasteiger partial charge in [-0.1, -0.05) is 0 Å². The van der Waals surface area contributed by atoms with Crippen molar-refractivity contribution in [3.63, 3.8) is 0 Å². The Morgan fingerprint density at radius 2 is 1.89 bits per heavy atom. The van der Waals surface area contributed by atoms with E-state index >= 15 is 0 Å². The molecule has 0 aliphatic carbocycles. The minimum Gasteiger partial charge on any atom is -0.497 e. The summed E-state index contributed by atoms with van der Waals surface area (Å²) in [6.45, 7) is 0.208. The summed E-state index contributed by atoms with van der Waals surface area (Å²) in [5.41, 5.74) is 3.86. The quantitative estimate of drug-likeness (QED) is 0.496. The van der Waals surface area contributed by atoms with E-state index in [1.54, 1.807) is 7.11 Å². The molecule has 1 aliphatic heterocycles. The number of carbonyl (C=O) groups is 1. The second-order valence-electron chi connectivity index (χ2n) is 6.00. The summed E-state index contributed by atoms with van der Waals surface area (Å²) in [4.78, 5) is 17.4. The average molecular weight is 378 g/mol. The Morgan fingerprint density at radius 3 is 2.67 bits per heavy atom. The highest BCUT2D eigenvalue weighted by atomic mass is 32.1.